The largest absolute Gasteiger partial charge is 0.465 e. The monoisotopic (exact) mass is 367 g/mol. The Morgan fingerprint density at radius 3 is 2.44 bits per heavy atom. The van der Waals surface area contributed by atoms with Gasteiger partial charge in [0.2, 0.25) is 5.91 Å². The molecule has 7 nitrogen and oxygen atoms in total. The number of carbonyl (C=O) groups is 3. The van der Waals surface area contributed by atoms with E-state index >= 15 is 0 Å². The number of hydrogen-bond acceptors (Lipinski definition) is 4. The minimum Gasteiger partial charge on any atom is -0.465 e. The van der Waals surface area contributed by atoms with E-state index in [0.29, 0.717) is 11.4 Å². The van der Waals surface area contributed by atoms with Crippen LogP contribution in [0.2, 0.25) is 0 Å². The molecule has 0 saturated heterocycles. The number of para-hydroxylation sites is 1. The molecule has 3 aromatic rings. The lowest BCUT2D eigenvalue weighted by Crippen LogP contribution is -2.26. The van der Waals surface area contributed by atoms with E-state index in [1.54, 1.807) is 20.0 Å². The highest BCUT2D eigenvalue weighted by Crippen LogP contribution is 2.23. The third-order valence-corrected chi connectivity index (χ3v) is 4.65. The number of fused-ring (bicyclic) bond motifs is 1. The SMILES string of the molecule is COC(=O)c1c(C(C)=O)c(C)n(NC(=O)Cc2c[nH]c3ccccc23)c1C. The van der Waals surface area contributed by atoms with Gasteiger partial charge in [-0.05, 0) is 32.4 Å². The van der Waals surface area contributed by atoms with Crippen molar-refractivity contribution in [1.82, 2.24) is 9.66 Å². The molecule has 0 radical (unpaired) electrons. The van der Waals surface area contributed by atoms with E-state index in [0.717, 1.165) is 16.5 Å². The number of aromatic amines is 1. The summed E-state index contributed by atoms with van der Waals surface area (Å²) in [5.41, 5.74) is 5.99. The first-order chi connectivity index (χ1) is 12.8. The first-order valence-corrected chi connectivity index (χ1v) is 8.51. The Labute approximate surface area is 156 Å². The molecule has 3 rings (SSSR count). The zero-order chi connectivity index (χ0) is 19.7. The van der Waals surface area contributed by atoms with Gasteiger partial charge in [0, 0.05) is 22.8 Å². The van der Waals surface area contributed by atoms with Crippen molar-refractivity contribution in [1.29, 1.82) is 0 Å². The number of aromatic nitrogens is 2. The van der Waals surface area contributed by atoms with Gasteiger partial charge in [-0.25, -0.2) is 4.79 Å². The summed E-state index contributed by atoms with van der Waals surface area (Å²) in [6.07, 6.45) is 1.96. The van der Waals surface area contributed by atoms with Crippen LogP contribution in [-0.4, -0.2) is 34.4 Å². The van der Waals surface area contributed by atoms with Gasteiger partial charge in [0.25, 0.3) is 0 Å². The molecular formula is C20H21N3O4. The average Bonchev–Trinajstić information content (AvgIpc) is 3.15. The number of carbonyl (C=O) groups excluding carboxylic acids is 3. The molecule has 0 saturated carbocycles. The molecule has 0 bridgehead atoms. The van der Waals surface area contributed by atoms with Crippen molar-refractivity contribution < 1.29 is 19.1 Å². The fraction of sp³-hybridized carbons (Fsp3) is 0.250. The molecule has 2 N–H and O–H groups in total. The van der Waals surface area contributed by atoms with Gasteiger partial charge in [0.1, 0.15) is 0 Å². The van der Waals surface area contributed by atoms with Gasteiger partial charge >= 0.3 is 5.97 Å². The Hall–Kier alpha value is -3.35. The van der Waals surface area contributed by atoms with Crippen molar-refractivity contribution in [3.05, 3.63) is 58.5 Å². The maximum atomic E-state index is 12.6. The lowest BCUT2D eigenvalue weighted by Gasteiger charge is -2.11. The molecule has 0 aliphatic carbocycles. The maximum Gasteiger partial charge on any atom is 0.340 e. The van der Waals surface area contributed by atoms with Crippen molar-refractivity contribution in [2.24, 2.45) is 0 Å². The van der Waals surface area contributed by atoms with E-state index in [2.05, 4.69) is 10.4 Å². The molecule has 0 unspecified atom stereocenters. The predicted octanol–water partition coefficient (Wildman–Crippen LogP) is 2.89. The predicted molar refractivity (Wildman–Crippen MR) is 102 cm³/mol. The summed E-state index contributed by atoms with van der Waals surface area (Å²) in [5.74, 6) is -1.13. The lowest BCUT2D eigenvalue weighted by atomic mass is 10.1. The van der Waals surface area contributed by atoms with Crippen molar-refractivity contribution in [3.8, 4) is 0 Å². The van der Waals surface area contributed by atoms with Crippen LogP contribution in [0.15, 0.2) is 30.5 Å². The highest BCUT2D eigenvalue weighted by atomic mass is 16.5. The Bertz CT molecular complexity index is 1060. The number of nitrogens with one attached hydrogen (secondary N) is 2. The van der Waals surface area contributed by atoms with Crippen molar-refractivity contribution >= 4 is 28.6 Å². The summed E-state index contributed by atoms with van der Waals surface area (Å²) in [6.45, 7) is 4.73. The second kappa shape index (κ2) is 7.11. The first-order valence-electron chi connectivity index (χ1n) is 8.51. The Kier molecular flexibility index (Phi) is 4.85. The molecule has 0 fully saturated rings. The molecule has 0 spiro atoms. The summed E-state index contributed by atoms with van der Waals surface area (Å²) < 4.78 is 6.27. The Morgan fingerprint density at radius 1 is 1.11 bits per heavy atom. The quantitative estimate of drug-likeness (QED) is 0.536. The number of rotatable bonds is 5. The van der Waals surface area contributed by atoms with Crippen molar-refractivity contribution in [3.63, 3.8) is 0 Å². The van der Waals surface area contributed by atoms with Crippen LogP contribution in [-0.2, 0) is 16.0 Å². The summed E-state index contributed by atoms with van der Waals surface area (Å²) in [5, 5.41) is 0.980. The number of hydrogen-bond donors (Lipinski definition) is 2. The molecule has 1 aromatic carbocycles. The van der Waals surface area contributed by atoms with E-state index < -0.39 is 5.97 Å². The molecule has 2 aromatic heterocycles. The van der Waals surface area contributed by atoms with Crippen LogP contribution in [0.5, 0.6) is 0 Å². The third-order valence-electron chi connectivity index (χ3n) is 4.65. The highest BCUT2D eigenvalue weighted by Gasteiger charge is 2.27. The normalized spacial score (nSPS) is 10.8. The highest BCUT2D eigenvalue weighted by molar-refractivity contribution is 6.07. The van der Waals surface area contributed by atoms with Crippen molar-refractivity contribution in [2.45, 2.75) is 27.2 Å². The molecule has 0 aliphatic rings. The number of Topliss-reactive ketones (excluding diaryl/α,β-unsaturated/α-hetero) is 1. The summed E-state index contributed by atoms with van der Waals surface area (Å²) >= 11 is 0. The Balaban J connectivity index is 1.92. The number of methoxy groups -OCH3 is 1. The van der Waals surface area contributed by atoms with E-state index in [-0.39, 0.29) is 29.2 Å². The van der Waals surface area contributed by atoms with Gasteiger partial charge in [0.15, 0.2) is 5.78 Å². The summed E-state index contributed by atoms with van der Waals surface area (Å²) in [6, 6.07) is 7.73. The molecule has 2 heterocycles. The van der Waals surface area contributed by atoms with Crippen LogP contribution < -0.4 is 5.43 Å². The molecular weight excluding hydrogens is 346 g/mol. The molecule has 0 atom stereocenters. The molecule has 1 amide bonds. The second-order valence-corrected chi connectivity index (χ2v) is 6.38. The van der Waals surface area contributed by atoms with Crippen LogP contribution >= 0.6 is 0 Å². The van der Waals surface area contributed by atoms with E-state index in [9.17, 15) is 14.4 Å². The maximum absolute atomic E-state index is 12.6. The molecule has 7 heteroatoms. The van der Waals surface area contributed by atoms with Crippen LogP contribution in [0, 0.1) is 13.8 Å². The number of ether oxygens (including phenoxy) is 1. The number of ketones is 1. The lowest BCUT2D eigenvalue weighted by molar-refractivity contribution is -0.116. The minimum atomic E-state index is -0.606. The summed E-state index contributed by atoms with van der Waals surface area (Å²) in [4.78, 5) is 39.9. The van der Waals surface area contributed by atoms with Crippen molar-refractivity contribution in [2.75, 3.05) is 12.5 Å². The van der Waals surface area contributed by atoms with E-state index in [1.807, 2.05) is 24.3 Å². The van der Waals surface area contributed by atoms with E-state index in [1.165, 1.54) is 18.7 Å². The van der Waals surface area contributed by atoms with Gasteiger partial charge in [-0.15, -0.1) is 0 Å². The van der Waals surface area contributed by atoms with Crippen LogP contribution in [0.25, 0.3) is 10.9 Å². The molecule has 27 heavy (non-hydrogen) atoms. The fourth-order valence-corrected chi connectivity index (χ4v) is 3.40. The Morgan fingerprint density at radius 2 is 1.78 bits per heavy atom. The number of nitrogens with zero attached hydrogens (tertiary/aromatic N) is 1. The van der Waals surface area contributed by atoms with E-state index in [4.69, 9.17) is 4.74 Å². The van der Waals surface area contributed by atoms with Crippen LogP contribution in [0.1, 0.15) is 44.6 Å². The topological polar surface area (TPSA) is 93.2 Å². The smallest absolute Gasteiger partial charge is 0.340 e. The zero-order valence-corrected chi connectivity index (χ0v) is 15.7. The number of esters is 1. The first kappa shape index (κ1) is 18.4. The summed E-state index contributed by atoms with van der Waals surface area (Å²) in [7, 11) is 1.26. The second-order valence-electron chi connectivity index (χ2n) is 6.38. The number of H-pyrrole nitrogens is 1. The fourth-order valence-electron chi connectivity index (χ4n) is 3.40. The van der Waals surface area contributed by atoms with Gasteiger partial charge in [0.05, 0.1) is 30.4 Å². The van der Waals surface area contributed by atoms with Gasteiger partial charge < -0.3 is 9.72 Å². The van der Waals surface area contributed by atoms with Gasteiger partial charge in [-0.1, -0.05) is 18.2 Å². The molecule has 140 valence electrons. The number of amides is 1. The van der Waals surface area contributed by atoms with Crippen LogP contribution in [0.3, 0.4) is 0 Å². The van der Waals surface area contributed by atoms with Gasteiger partial charge in [-0.2, -0.15) is 0 Å². The molecule has 0 aliphatic heterocycles. The average molecular weight is 367 g/mol. The van der Waals surface area contributed by atoms with Gasteiger partial charge in [-0.3, -0.25) is 19.7 Å². The van der Waals surface area contributed by atoms with Crippen LogP contribution in [0.4, 0.5) is 0 Å². The minimum absolute atomic E-state index is 0.157. The number of benzene rings is 1. The zero-order valence-electron chi connectivity index (χ0n) is 15.7. The third kappa shape index (κ3) is 3.23. The standard InChI is InChI=1S/C20H21N3O4/c1-11-18(13(3)24)19(20(26)27-4)12(2)23(11)22-17(25)9-14-10-21-16-8-6-5-7-15(14)16/h5-8,10,21H,9H2,1-4H3,(H,22,25).